The highest BCUT2D eigenvalue weighted by Gasteiger charge is 2.17. The molecule has 1 heterocycles. The van der Waals surface area contributed by atoms with E-state index in [1.165, 1.54) is 0 Å². The van der Waals surface area contributed by atoms with Crippen molar-refractivity contribution >= 4 is 21.0 Å². The number of para-hydroxylation sites is 1. The van der Waals surface area contributed by atoms with Crippen molar-refractivity contribution in [3.8, 4) is 0 Å². The molecule has 0 amide bonds. The van der Waals surface area contributed by atoms with E-state index in [0.717, 1.165) is 22.1 Å². The average Bonchev–Trinajstić information content (AvgIpc) is 2.90. The molecule has 1 N–H and O–H groups in total. The van der Waals surface area contributed by atoms with Crippen molar-refractivity contribution in [1.29, 1.82) is 0 Å². The molecule has 0 saturated heterocycles. The maximum atomic E-state index is 12.4. The Morgan fingerprint density at radius 1 is 1.05 bits per heavy atom. The number of aryl methyl sites for hydroxylation is 2. The van der Waals surface area contributed by atoms with Crippen LogP contribution in [-0.4, -0.2) is 8.42 Å². The van der Waals surface area contributed by atoms with Gasteiger partial charge in [0.05, 0.1) is 11.4 Å². The second-order valence-electron chi connectivity index (χ2n) is 5.34. The first-order valence-electron chi connectivity index (χ1n) is 7.00. The van der Waals surface area contributed by atoms with Crippen LogP contribution < -0.4 is 4.72 Å². The largest absolute Gasteiger partial charge is 0.460 e. The number of furan rings is 1. The standard InChI is InChI=1S/C17H17NO3S/c1-12-7-8-13(2)17(9-12)22(19,20)18-11-15-10-14-5-3-4-6-16(14)21-15/h3-10,18H,11H2,1-2H3. The van der Waals surface area contributed by atoms with Crippen LogP contribution in [0.3, 0.4) is 0 Å². The summed E-state index contributed by atoms with van der Waals surface area (Å²) in [6.07, 6.45) is 0. The topological polar surface area (TPSA) is 59.3 Å². The molecule has 0 aliphatic heterocycles. The van der Waals surface area contributed by atoms with Crippen molar-refractivity contribution in [1.82, 2.24) is 4.72 Å². The number of rotatable bonds is 4. The summed E-state index contributed by atoms with van der Waals surface area (Å²) in [5.74, 6) is 0.593. The Hall–Kier alpha value is -2.11. The third kappa shape index (κ3) is 2.91. The summed E-state index contributed by atoms with van der Waals surface area (Å²) in [5.41, 5.74) is 2.39. The highest BCUT2D eigenvalue weighted by Crippen LogP contribution is 2.20. The van der Waals surface area contributed by atoms with E-state index in [9.17, 15) is 8.42 Å². The van der Waals surface area contributed by atoms with Crippen molar-refractivity contribution in [3.63, 3.8) is 0 Å². The Morgan fingerprint density at radius 2 is 1.82 bits per heavy atom. The highest BCUT2D eigenvalue weighted by molar-refractivity contribution is 7.89. The van der Waals surface area contributed by atoms with E-state index < -0.39 is 10.0 Å². The van der Waals surface area contributed by atoms with E-state index in [0.29, 0.717) is 10.7 Å². The van der Waals surface area contributed by atoms with Gasteiger partial charge in [-0.1, -0.05) is 30.3 Å². The molecule has 0 unspecified atom stereocenters. The highest BCUT2D eigenvalue weighted by atomic mass is 32.2. The van der Waals surface area contributed by atoms with Gasteiger partial charge in [-0.05, 0) is 43.2 Å². The van der Waals surface area contributed by atoms with Crippen LogP contribution in [0.4, 0.5) is 0 Å². The number of sulfonamides is 1. The Morgan fingerprint density at radius 3 is 2.59 bits per heavy atom. The molecule has 3 aromatic rings. The Bertz CT molecular complexity index is 893. The minimum Gasteiger partial charge on any atom is -0.460 e. The Balaban J connectivity index is 1.84. The van der Waals surface area contributed by atoms with Gasteiger partial charge in [-0.2, -0.15) is 0 Å². The third-order valence-corrected chi connectivity index (χ3v) is 5.09. The first-order chi connectivity index (χ1) is 10.5. The van der Waals surface area contributed by atoms with Crippen LogP contribution in [0.25, 0.3) is 11.0 Å². The van der Waals surface area contributed by atoms with Gasteiger partial charge in [0.15, 0.2) is 0 Å². The van der Waals surface area contributed by atoms with Crippen LogP contribution in [0.15, 0.2) is 57.8 Å². The molecule has 0 atom stereocenters. The SMILES string of the molecule is Cc1ccc(C)c(S(=O)(=O)NCc2cc3ccccc3o2)c1. The molecular formula is C17H17NO3S. The number of hydrogen-bond donors (Lipinski definition) is 1. The number of hydrogen-bond acceptors (Lipinski definition) is 3. The van der Waals surface area contributed by atoms with Gasteiger partial charge in [-0.3, -0.25) is 0 Å². The summed E-state index contributed by atoms with van der Waals surface area (Å²) in [6.45, 7) is 3.79. The second kappa shape index (κ2) is 5.59. The molecule has 2 aromatic carbocycles. The fraction of sp³-hybridized carbons (Fsp3) is 0.176. The minimum atomic E-state index is -3.56. The van der Waals surface area contributed by atoms with Gasteiger partial charge in [-0.25, -0.2) is 13.1 Å². The fourth-order valence-electron chi connectivity index (χ4n) is 2.36. The average molecular weight is 315 g/mol. The number of fused-ring (bicyclic) bond motifs is 1. The molecule has 0 radical (unpaired) electrons. The predicted octanol–water partition coefficient (Wildman–Crippen LogP) is 3.53. The predicted molar refractivity (Wildman–Crippen MR) is 86.2 cm³/mol. The van der Waals surface area contributed by atoms with Gasteiger partial charge in [0.1, 0.15) is 11.3 Å². The molecule has 0 aliphatic rings. The number of nitrogens with one attached hydrogen (secondary N) is 1. The van der Waals surface area contributed by atoms with Crippen molar-refractivity contribution in [2.45, 2.75) is 25.3 Å². The lowest BCUT2D eigenvalue weighted by atomic mass is 10.2. The quantitative estimate of drug-likeness (QED) is 0.801. The minimum absolute atomic E-state index is 0.129. The van der Waals surface area contributed by atoms with Gasteiger partial charge >= 0.3 is 0 Å². The smallest absolute Gasteiger partial charge is 0.241 e. The zero-order valence-corrected chi connectivity index (χ0v) is 13.3. The lowest BCUT2D eigenvalue weighted by Crippen LogP contribution is -2.23. The van der Waals surface area contributed by atoms with Crippen molar-refractivity contribution < 1.29 is 12.8 Å². The molecule has 1 aromatic heterocycles. The summed E-state index contributed by atoms with van der Waals surface area (Å²) in [6, 6.07) is 14.8. The van der Waals surface area contributed by atoms with E-state index in [1.807, 2.05) is 49.4 Å². The van der Waals surface area contributed by atoms with Crippen LogP contribution in [0.5, 0.6) is 0 Å². The van der Waals surface area contributed by atoms with Crippen LogP contribution in [-0.2, 0) is 16.6 Å². The summed E-state index contributed by atoms with van der Waals surface area (Å²) >= 11 is 0. The van der Waals surface area contributed by atoms with Crippen molar-refractivity contribution in [2.75, 3.05) is 0 Å². The maximum Gasteiger partial charge on any atom is 0.241 e. The Kier molecular flexibility index (Phi) is 3.76. The maximum absolute atomic E-state index is 12.4. The number of benzene rings is 2. The Labute approximate surface area is 129 Å². The van der Waals surface area contributed by atoms with Crippen LogP contribution in [0.2, 0.25) is 0 Å². The molecule has 0 aliphatic carbocycles. The molecule has 114 valence electrons. The lowest BCUT2D eigenvalue weighted by Gasteiger charge is -2.09. The molecule has 4 nitrogen and oxygen atoms in total. The van der Waals surface area contributed by atoms with Gasteiger partial charge < -0.3 is 4.42 Å². The zero-order valence-electron chi connectivity index (χ0n) is 12.5. The van der Waals surface area contributed by atoms with E-state index in [4.69, 9.17) is 4.42 Å². The molecule has 3 rings (SSSR count). The van der Waals surface area contributed by atoms with Crippen LogP contribution in [0, 0.1) is 13.8 Å². The lowest BCUT2D eigenvalue weighted by molar-refractivity contribution is 0.529. The summed E-state index contributed by atoms with van der Waals surface area (Å²) < 4.78 is 33.1. The fourth-order valence-corrected chi connectivity index (χ4v) is 3.69. The van der Waals surface area contributed by atoms with Crippen LogP contribution >= 0.6 is 0 Å². The van der Waals surface area contributed by atoms with Crippen LogP contribution in [0.1, 0.15) is 16.9 Å². The molecular weight excluding hydrogens is 298 g/mol. The summed E-state index contributed by atoms with van der Waals surface area (Å²) in [4.78, 5) is 0.309. The normalized spacial score (nSPS) is 11.9. The van der Waals surface area contributed by atoms with E-state index in [1.54, 1.807) is 13.0 Å². The third-order valence-electron chi connectivity index (χ3n) is 3.55. The van der Waals surface area contributed by atoms with Gasteiger partial charge in [0.25, 0.3) is 0 Å². The molecule has 0 fully saturated rings. The van der Waals surface area contributed by atoms with E-state index in [-0.39, 0.29) is 6.54 Å². The molecule has 0 spiro atoms. The monoisotopic (exact) mass is 315 g/mol. The van der Waals surface area contributed by atoms with Crippen molar-refractivity contribution in [2.24, 2.45) is 0 Å². The summed E-state index contributed by atoms with van der Waals surface area (Å²) in [7, 11) is -3.56. The van der Waals surface area contributed by atoms with Crippen molar-refractivity contribution in [3.05, 3.63) is 65.4 Å². The van der Waals surface area contributed by atoms with Gasteiger partial charge in [-0.15, -0.1) is 0 Å². The molecule has 0 saturated carbocycles. The molecule has 5 heteroatoms. The first-order valence-corrected chi connectivity index (χ1v) is 8.48. The van der Waals surface area contributed by atoms with Gasteiger partial charge in [0, 0.05) is 5.39 Å². The van der Waals surface area contributed by atoms with E-state index >= 15 is 0 Å². The zero-order chi connectivity index (χ0) is 15.7. The van der Waals surface area contributed by atoms with E-state index in [2.05, 4.69) is 4.72 Å². The molecule has 0 bridgehead atoms. The second-order valence-corrected chi connectivity index (χ2v) is 7.08. The summed E-state index contributed by atoms with van der Waals surface area (Å²) in [5, 5.41) is 0.962. The first kappa shape index (κ1) is 14.8. The molecule has 22 heavy (non-hydrogen) atoms. The van der Waals surface area contributed by atoms with Gasteiger partial charge in [0.2, 0.25) is 10.0 Å².